The highest BCUT2D eigenvalue weighted by Crippen LogP contribution is 2.26. The summed E-state index contributed by atoms with van der Waals surface area (Å²) in [6.45, 7) is 2.64. The van der Waals surface area contributed by atoms with Crippen LogP contribution in [0.15, 0.2) is 40.9 Å². The summed E-state index contributed by atoms with van der Waals surface area (Å²) in [6.07, 6.45) is 0.906. The van der Waals surface area contributed by atoms with Crippen LogP contribution in [-0.4, -0.2) is 17.6 Å². The molecule has 0 aliphatic heterocycles. The Morgan fingerprint density at radius 3 is 2.60 bits per heavy atom. The molecule has 0 aliphatic rings. The number of anilines is 1. The monoisotopic (exact) mass is 460 g/mol. The molecule has 8 heteroatoms. The molecule has 0 atom stereocenters. The van der Waals surface area contributed by atoms with Gasteiger partial charge in [-0.1, -0.05) is 30.1 Å². The fourth-order valence-electron chi connectivity index (χ4n) is 1.88. The van der Waals surface area contributed by atoms with Crippen molar-refractivity contribution in [2.45, 2.75) is 13.3 Å². The molecule has 0 bridgehead atoms. The number of nitrogens with one attached hydrogen (secondary N) is 2. The summed E-state index contributed by atoms with van der Waals surface area (Å²) in [6, 6.07) is 10.1. The van der Waals surface area contributed by atoms with Crippen LogP contribution in [0.2, 0.25) is 10.0 Å². The van der Waals surface area contributed by atoms with Gasteiger partial charge in [0, 0.05) is 11.3 Å². The smallest absolute Gasteiger partial charge is 0.257 e. The predicted molar refractivity (Wildman–Crippen MR) is 110 cm³/mol. The lowest BCUT2D eigenvalue weighted by Gasteiger charge is -2.11. The van der Waals surface area contributed by atoms with Crippen LogP contribution in [0.5, 0.6) is 5.75 Å². The summed E-state index contributed by atoms with van der Waals surface area (Å²) < 4.78 is 6.27. The van der Waals surface area contributed by atoms with Crippen LogP contribution in [0.3, 0.4) is 0 Å². The van der Waals surface area contributed by atoms with Gasteiger partial charge in [-0.15, -0.1) is 0 Å². The molecule has 0 aromatic heterocycles. The average molecular weight is 462 g/mol. The van der Waals surface area contributed by atoms with Crippen molar-refractivity contribution in [2.24, 2.45) is 0 Å². The predicted octanol–water partition coefficient (Wildman–Crippen LogP) is 5.67. The molecule has 0 radical (unpaired) electrons. The van der Waals surface area contributed by atoms with E-state index in [9.17, 15) is 4.79 Å². The number of benzene rings is 2. The molecule has 0 aliphatic carbocycles. The Morgan fingerprint density at radius 1 is 1.20 bits per heavy atom. The molecule has 2 rings (SSSR count). The van der Waals surface area contributed by atoms with Gasteiger partial charge in [0.05, 0.1) is 21.1 Å². The van der Waals surface area contributed by atoms with E-state index >= 15 is 0 Å². The first-order valence-corrected chi connectivity index (χ1v) is 9.36. The van der Waals surface area contributed by atoms with Gasteiger partial charge in [0.1, 0.15) is 5.75 Å². The molecule has 0 saturated heterocycles. The van der Waals surface area contributed by atoms with Crippen molar-refractivity contribution in [3.05, 3.63) is 56.5 Å². The highest BCUT2D eigenvalue weighted by molar-refractivity contribution is 9.10. The maximum atomic E-state index is 12.3. The summed E-state index contributed by atoms with van der Waals surface area (Å²) in [4.78, 5) is 12.3. The van der Waals surface area contributed by atoms with Crippen molar-refractivity contribution in [3.63, 3.8) is 0 Å². The standard InChI is InChI=1S/C17H15BrCl2N2O2S/c1-2-7-24-15-6-3-10(8-12(15)18)16(23)22-17(25)21-11-4-5-13(19)14(20)9-11/h3-6,8-9H,2,7H2,1H3,(H2,21,22,23,25). The van der Waals surface area contributed by atoms with Crippen LogP contribution < -0.4 is 15.4 Å². The zero-order valence-corrected chi connectivity index (χ0v) is 17.2. The zero-order chi connectivity index (χ0) is 18.4. The van der Waals surface area contributed by atoms with Crippen molar-refractivity contribution < 1.29 is 9.53 Å². The first kappa shape index (κ1) is 20.0. The molecule has 0 fully saturated rings. The van der Waals surface area contributed by atoms with Gasteiger partial charge >= 0.3 is 0 Å². The second-order valence-electron chi connectivity index (χ2n) is 5.03. The topological polar surface area (TPSA) is 50.4 Å². The van der Waals surface area contributed by atoms with Crippen LogP contribution in [-0.2, 0) is 0 Å². The third-order valence-electron chi connectivity index (χ3n) is 3.06. The van der Waals surface area contributed by atoms with Gasteiger partial charge in [-0.3, -0.25) is 10.1 Å². The highest BCUT2D eigenvalue weighted by atomic mass is 79.9. The molecule has 2 aromatic carbocycles. The molecule has 1 amide bonds. The minimum Gasteiger partial charge on any atom is -0.492 e. The second-order valence-corrected chi connectivity index (χ2v) is 7.11. The molecular formula is C17H15BrCl2N2O2S. The number of ether oxygens (including phenoxy) is 1. The van der Waals surface area contributed by atoms with E-state index in [4.69, 9.17) is 40.2 Å². The first-order chi connectivity index (χ1) is 11.9. The summed E-state index contributed by atoms with van der Waals surface area (Å²) in [7, 11) is 0. The Bertz CT molecular complexity index is 802. The maximum Gasteiger partial charge on any atom is 0.257 e. The third-order valence-corrected chi connectivity index (χ3v) is 4.62. The number of carbonyl (C=O) groups is 1. The molecule has 2 aromatic rings. The van der Waals surface area contributed by atoms with E-state index in [-0.39, 0.29) is 11.0 Å². The van der Waals surface area contributed by atoms with Gasteiger partial charge in [-0.25, -0.2) is 0 Å². The maximum absolute atomic E-state index is 12.3. The van der Waals surface area contributed by atoms with Gasteiger partial charge < -0.3 is 10.1 Å². The minimum absolute atomic E-state index is 0.158. The van der Waals surface area contributed by atoms with E-state index in [1.54, 1.807) is 36.4 Å². The number of hydrogen-bond donors (Lipinski definition) is 2. The summed E-state index contributed by atoms with van der Waals surface area (Å²) >= 11 is 20.4. The summed E-state index contributed by atoms with van der Waals surface area (Å²) in [5.74, 6) is 0.357. The first-order valence-electron chi connectivity index (χ1n) is 7.40. The lowest BCUT2D eigenvalue weighted by Crippen LogP contribution is -2.34. The van der Waals surface area contributed by atoms with Crippen LogP contribution >= 0.6 is 51.3 Å². The number of carbonyl (C=O) groups excluding carboxylic acids is 1. The quantitative estimate of drug-likeness (QED) is 0.563. The average Bonchev–Trinajstić information content (AvgIpc) is 2.57. The number of halogens is 3. The molecule has 0 unspecified atom stereocenters. The Kier molecular flexibility index (Phi) is 7.50. The zero-order valence-electron chi connectivity index (χ0n) is 13.2. The van der Waals surface area contributed by atoms with Crippen LogP contribution in [0.4, 0.5) is 5.69 Å². The second kappa shape index (κ2) is 9.38. The molecule has 0 spiro atoms. The third kappa shape index (κ3) is 5.85. The summed E-state index contributed by atoms with van der Waals surface area (Å²) in [5, 5.41) is 6.49. The van der Waals surface area contributed by atoms with E-state index in [1.807, 2.05) is 6.92 Å². The van der Waals surface area contributed by atoms with Crippen LogP contribution in [0.25, 0.3) is 0 Å². The van der Waals surface area contributed by atoms with Crippen LogP contribution in [0, 0.1) is 0 Å². The Hall–Kier alpha value is -1.34. The van der Waals surface area contributed by atoms with Crippen molar-refractivity contribution in [1.29, 1.82) is 0 Å². The van der Waals surface area contributed by atoms with Gasteiger partial charge in [0.2, 0.25) is 0 Å². The van der Waals surface area contributed by atoms with E-state index in [1.165, 1.54) is 0 Å². The number of rotatable bonds is 5. The van der Waals surface area contributed by atoms with Crippen LogP contribution in [0.1, 0.15) is 23.7 Å². The van der Waals surface area contributed by atoms with Gasteiger partial charge in [0.25, 0.3) is 5.91 Å². The molecule has 0 heterocycles. The summed E-state index contributed by atoms with van der Waals surface area (Å²) in [5.41, 5.74) is 1.08. The molecule has 2 N–H and O–H groups in total. The normalized spacial score (nSPS) is 10.2. The number of thiocarbonyl (C=S) groups is 1. The van der Waals surface area contributed by atoms with Gasteiger partial charge in [-0.2, -0.15) is 0 Å². The Balaban J connectivity index is 1.99. The minimum atomic E-state index is -0.333. The highest BCUT2D eigenvalue weighted by Gasteiger charge is 2.11. The number of hydrogen-bond acceptors (Lipinski definition) is 3. The van der Waals surface area contributed by atoms with E-state index in [2.05, 4.69) is 26.6 Å². The largest absolute Gasteiger partial charge is 0.492 e. The van der Waals surface area contributed by atoms with Crippen molar-refractivity contribution in [1.82, 2.24) is 5.32 Å². The Morgan fingerprint density at radius 2 is 1.96 bits per heavy atom. The Labute approximate surface area is 170 Å². The fourth-order valence-corrected chi connectivity index (χ4v) is 2.88. The van der Waals surface area contributed by atoms with Gasteiger partial charge in [-0.05, 0) is 71.0 Å². The molecule has 0 saturated carbocycles. The lowest BCUT2D eigenvalue weighted by molar-refractivity contribution is 0.0977. The van der Waals surface area contributed by atoms with E-state index < -0.39 is 0 Å². The SMILES string of the molecule is CCCOc1ccc(C(=O)NC(=S)Nc2ccc(Cl)c(Cl)c2)cc1Br. The molecule has 4 nitrogen and oxygen atoms in total. The number of amides is 1. The van der Waals surface area contributed by atoms with E-state index in [0.717, 1.165) is 6.42 Å². The van der Waals surface area contributed by atoms with Crippen molar-refractivity contribution >= 4 is 68.1 Å². The molecule has 132 valence electrons. The van der Waals surface area contributed by atoms with E-state index in [0.29, 0.717) is 38.1 Å². The van der Waals surface area contributed by atoms with Gasteiger partial charge in [0.15, 0.2) is 5.11 Å². The molecule has 25 heavy (non-hydrogen) atoms. The van der Waals surface area contributed by atoms with Crippen molar-refractivity contribution in [3.8, 4) is 5.75 Å². The lowest BCUT2D eigenvalue weighted by atomic mass is 10.2. The van der Waals surface area contributed by atoms with Crippen molar-refractivity contribution in [2.75, 3.05) is 11.9 Å². The fraction of sp³-hybridized carbons (Fsp3) is 0.176. The molecular weight excluding hydrogens is 447 g/mol.